The Bertz CT molecular complexity index is 337. The zero-order chi connectivity index (χ0) is 12.8. The summed E-state index contributed by atoms with van der Waals surface area (Å²) in [6.07, 6.45) is 2.00. The standard InChI is InChI=1S/C14H24N2O/c1-10(2)12(5)17-14-8-13(6-7-15-14)9-16-11(3)4/h6-8,10-12,16H,9H2,1-5H3. The minimum Gasteiger partial charge on any atom is -0.474 e. The number of aromatic nitrogens is 1. The first-order valence-electron chi connectivity index (χ1n) is 6.34. The van der Waals surface area contributed by atoms with Crippen molar-refractivity contribution in [3.05, 3.63) is 23.9 Å². The molecule has 0 spiro atoms. The van der Waals surface area contributed by atoms with E-state index in [2.05, 4.69) is 44.9 Å². The van der Waals surface area contributed by atoms with Crippen LogP contribution >= 0.6 is 0 Å². The summed E-state index contributed by atoms with van der Waals surface area (Å²) < 4.78 is 5.78. The number of hydrogen-bond acceptors (Lipinski definition) is 3. The molecule has 3 nitrogen and oxygen atoms in total. The van der Waals surface area contributed by atoms with Gasteiger partial charge < -0.3 is 10.1 Å². The van der Waals surface area contributed by atoms with Crippen LogP contribution in [0.3, 0.4) is 0 Å². The van der Waals surface area contributed by atoms with E-state index in [1.165, 1.54) is 5.56 Å². The highest BCUT2D eigenvalue weighted by Gasteiger charge is 2.09. The third-order valence-corrected chi connectivity index (χ3v) is 2.76. The molecule has 0 saturated heterocycles. The quantitative estimate of drug-likeness (QED) is 0.824. The first-order chi connectivity index (χ1) is 7.99. The van der Waals surface area contributed by atoms with Gasteiger partial charge in [0, 0.05) is 24.8 Å². The van der Waals surface area contributed by atoms with Crippen LogP contribution in [0.2, 0.25) is 0 Å². The third-order valence-electron chi connectivity index (χ3n) is 2.76. The Morgan fingerprint density at radius 3 is 2.53 bits per heavy atom. The van der Waals surface area contributed by atoms with Crippen LogP contribution in [0.1, 0.15) is 40.2 Å². The molecule has 96 valence electrons. The lowest BCUT2D eigenvalue weighted by atomic mass is 10.1. The molecule has 0 aromatic carbocycles. The van der Waals surface area contributed by atoms with Crippen LogP contribution in [0.15, 0.2) is 18.3 Å². The second-order valence-electron chi connectivity index (χ2n) is 5.10. The van der Waals surface area contributed by atoms with Crippen LogP contribution in [0, 0.1) is 5.92 Å². The SMILES string of the molecule is CC(C)NCc1ccnc(OC(C)C(C)C)c1. The Morgan fingerprint density at radius 1 is 1.24 bits per heavy atom. The predicted octanol–water partition coefficient (Wildman–Crippen LogP) is 3.00. The number of hydrogen-bond donors (Lipinski definition) is 1. The Hall–Kier alpha value is -1.09. The van der Waals surface area contributed by atoms with Gasteiger partial charge >= 0.3 is 0 Å². The summed E-state index contributed by atoms with van der Waals surface area (Å²) in [4.78, 5) is 4.24. The molecule has 0 saturated carbocycles. The van der Waals surface area contributed by atoms with Gasteiger partial charge in [0.2, 0.25) is 5.88 Å². The van der Waals surface area contributed by atoms with E-state index < -0.39 is 0 Å². The first kappa shape index (κ1) is 14.0. The number of nitrogens with one attached hydrogen (secondary N) is 1. The maximum atomic E-state index is 5.78. The molecule has 1 heterocycles. The van der Waals surface area contributed by atoms with Crippen LogP contribution in [0.25, 0.3) is 0 Å². The molecule has 1 N–H and O–H groups in total. The monoisotopic (exact) mass is 236 g/mol. The fourth-order valence-corrected chi connectivity index (χ4v) is 1.27. The van der Waals surface area contributed by atoms with E-state index in [9.17, 15) is 0 Å². The summed E-state index contributed by atoms with van der Waals surface area (Å²) in [5.41, 5.74) is 1.21. The summed E-state index contributed by atoms with van der Waals surface area (Å²) in [5, 5.41) is 3.38. The van der Waals surface area contributed by atoms with Gasteiger partial charge in [0.05, 0.1) is 6.10 Å². The maximum absolute atomic E-state index is 5.78. The molecule has 0 aliphatic rings. The second-order valence-corrected chi connectivity index (χ2v) is 5.10. The smallest absolute Gasteiger partial charge is 0.213 e. The van der Waals surface area contributed by atoms with E-state index in [-0.39, 0.29) is 6.10 Å². The van der Waals surface area contributed by atoms with Gasteiger partial charge in [-0.1, -0.05) is 27.7 Å². The predicted molar refractivity (Wildman–Crippen MR) is 71.1 cm³/mol. The molecule has 1 atom stereocenters. The molecule has 0 radical (unpaired) electrons. The zero-order valence-corrected chi connectivity index (χ0v) is 11.5. The van der Waals surface area contributed by atoms with Crippen molar-refractivity contribution in [3.8, 4) is 5.88 Å². The van der Waals surface area contributed by atoms with E-state index in [1.54, 1.807) is 6.20 Å². The second kappa shape index (κ2) is 6.60. The minimum absolute atomic E-state index is 0.191. The molecule has 1 unspecified atom stereocenters. The van der Waals surface area contributed by atoms with E-state index in [0.29, 0.717) is 17.8 Å². The summed E-state index contributed by atoms with van der Waals surface area (Å²) in [6, 6.07) is 4.51. The zero-order valence-electron chi connectivity index (χ0n) is 11.5. The van der Waals surface area contributed by atoms with Gasteiger partial charge in [-0.3, -0.25) is 0 Å². The van der Waals surface area contributed by atoms with Crippen molar-refractivity contribution in [3.63, 3.8) is 0 Å². The molecule has 0 fully saturated rings. The van der Waals surface area contributed by atoms with Crippen molar-refractivity contribution in [2.24, 2.45) is 5.92 Å². The largest absolute Gasteiger partial charge is 0.474 e. The Kier molecular flexibility index (Phi) is 5.42. The lowest BCUT2D eigenvalue weighted by Gasteiger charge is -2.17. The highest BCUT2D eigenvalue weighted by Crippen LogP contribution is 2.14. The lowest BCUT2D eigenvalue weighted by molar-refractivity contribution is 0.163. The van der Waals surface area contributed by atoms with Crippen molar-refractivity contribution in [2.45, 2.75) is 53.3 Å². The van der Waals surface area contributed by atoms with Gasteiger partial charge in [0.1, 0.15) is 0 Å². The van der Waals surface area contributed by atoms with E-state index in [1.807, 2.05) is 12.1 Å². The van der Waals surface area contributed by atoms with Gasteiger partial charge in [-0.2, -0.15) is 0 Å². The van der Waals surface area contributed by atoms with Crippen LogP contribution in [0.5, 0.6) is 5.88 Å². The average Bonchev–Trinajstić information content (AvgIpc) is 2.26. The number of pyridine rings is 1. The Labute approximate surface area is 105 Å². The topological polar surface area (TPSA) is 34.2 Å². The molecule has 0 amide bonds. The lowest BCUT2D eigenvalue weighted by Crippen LogP contribution is -2.22. The first-order valence-corrected chi connectivity index (χ1v) is 6.34. The molecular weight excluding hydrogens is 212 g/mol. The average molecular weight is 236 g/mol. The number of ether oxygens (including phenoxy) is 1. The summed E-state index contributed by atoms with van der Waals surface area (Å²) in [5.74, 6) is 1.21. The molecule has 17 heavy (non-hydrogen) atoms. The molecule has 1 aromatic rings. The molecule has 0 bridgehead atoms. The van der Waals surface area contributed by atoms with Crippen molar-refractivity contribution in [1.82, 2.24) is 10.3 Å². The number of nitrogens with zero attached hydrogens (tertiary/aromatic N) is 1. The van der Waals surface area contributed by atoms with Crippen molar-refractivity contribution in [1.29, 1.82) is 0 Å². The van der Waals surface area contributed by atoms with E-state index in [0.717, 1.165) is 6.54 Å². The third kappa shape index (κ3) is 5.18. The summed E-state index contributed by atoms with van der Waals surface area (Å²) in [7, 11) is 0. The van der Waals surface area contributed by atoms with Gasteiger partial charge in [0.15, 0.2) is 0 Å². The van der Waals surface area contributed by atoms with Crippen LogP contribution in [-0.4, -0.2) is 17.1 Å². The highest BCUT2D eigenvalue weighted by molar-refractivity contribution is 5.20. The van der Waals surface area contributed by atoms with Crippen molar-refractivity contribution >= 4 is 0 Å². The number of rotatable bonds is 6. The van der Waals surface area contributed by atoms with Gasteiger partial charge in [-0.05, 0) is 24.5 Å². The normalized spacial score (nSPS) is 13.1. The highest BCUT2D eigenvalue weighted by atomic mass is 16.5. The van der Waals surface area contributed by atoms with Crippen molar-refractivity contribution in [2.75, 3.05) is 0 Å². The fraction of sp³-hybridized carbons (Fsp3) is 0.643. The van der Waals surface area contributed by atoms with Crippen LogP contribution in [0.4, 0.5) is 0 Å². The Balaban J connectivity index is 2.59. The van der Waals surface area contributed by atoms with Gasteiger partial charge in [-0.15, -0.1) is 0 Å². The van der Waals surface area contributed by atoms with E-state index in [4.69, 9.17) is 4.74 Å². The van der Waals surface area contributed by atoms with Gasteiger partial charge in [-0.25, -0.2) is 4.98 Å². The van der Waals surface area contributed by atoms with Crippen LogP contribution < -0.4 is 10.1 Å². The van der Waals surface area contributed by atoms with Gasteiger partial charge in [0.25, 0.3) is 0 Å². The minimum atomic E-state index is 0.191. The molecule has 1 rings (SSSR count). The fourth-order valence-electron chi connectivity index (χ4n) is 1.27. The molecule has 3 heteroatoms. The van der Waals surface area contributed by atoms with E-state index >= 15 is 0 Å². The molecule has 0 aliphatic heterocycles. The summed E-state index contributed by atoms with van der Waals surface area (Å²) in [6.45, 7) is 11.5. The molecule has 1 aromatic heterocycles. The summed E-state index contributed by atoms with van der Waals surface area (Å²) >= 11 is 0. The Morgan fingerprint density at radius 2 is 1.94 bits per heavy atom. The molecular formula is C14H24N2O. The maximum Gasteiger partial charge on any atom is 0.213 e. The van der Waals surface area contributed by atoms with Crippen LogP contribution in [-0.2, 0) is 6.54 Å². The van der Waals surface area contributed by atoms with Crippen molar-refractivity contribution < 1.29 is 4.74 Å². The molecule has 0 aliphatic carbocycles.